The third kappa shape index (κ3) is 8.10. The number of ether oxygens (including phenoxy) is 3. The summed E-state index contributed by atoms with van der Waals surface area (Å²) in [5.74, 6) is 0.932. The molecule has 6 atom stereocenters. The molecule has 2 N–H and O–H groups in total. The second-order valence-corrected chi connectivity index (χ2v) is 14.2. The van der Waals surface area contributed by atoms with Gasteiger partial charge in [-0.3, -0.25) is 4.79 Å². The molecule has 1 aromatic rings. The van der Waals surface area contributed by atoms with E-state index in [-0.39, 0.29) is 49.4 Å². The number of hydrogen-bond acceptors (Lipinski definition) is 8. The molecule has 1 aromatic carbocycles. The fourth-order valence-corrected chi connectivity index (χ4v) is 9.06. The van der Waals surface area contributed by atoms with Crippen molar-refractivity contribution in [1.82, 2.24) is 4.90 Å². The number of benzene rings is 1. The van der Waals surface area contributed by atoms with Crippen LogP contribution in [0.5, 0.6) is 11.5 Å². The van der Waals surface area contributed by atoms with Gasteiger partial charge in [-0.1, -0.05) is 68.5 Å². The van der Waals surface area contributed by atoms with Gasteiger partial charge in [0.25, 0.3) is 0 Å². The summed E-state index contributed by atoms with van der Waals surface area (Å²) in [7, 11) is 3.46. The van der Waals surface area contributed by atoms with Crippen molar-refractivity contribution in [2.75, 3.05) is 40.6 Å². The van der Waals surface area contributed by atoms with Crippen LogP contribution in [-0.4, -0.2) is 79.1 Å². The summed E-state index contributed by atoms with van der Waals surface area (Å²) in [5, 5.41) is 24.1. The molecule has 3 aliphatic carbocycles. The van der Waals surface area contributed by atoms with Gasteiger partial charge in [-0.15, -0.1) is 6.58 Å². The highest BCUT2D eigenvalue weighted by molar-refractivity contribution is 6.03. The highest BCUT2D eigenvalue weighted by Gasteiger charge is 2.65. The Balaban J connectivity index is 1.67. The number of fused-ring (bicyclic) bond motifs is 2. The van der Waals surface area contributed by atoms with Crippen LogP contribution >= 0.6 is 0 Å². The lowest BCUT2D eigenvalue weighted by atomic mass is 9.55. The molecule has 49 heavy (non-hydrogen) atoms. The van der Waals surface area contributed by atoms with E-state index in [9.17, 15) is 15.0 Å². The number of rotatable bonds is 19. The largest absolute Gasteiger partial charge is 0.490 e. The summed E-state index contributed by atoms with van der Waals surface area (Å²) in [4.78, 5) is 21.4. The molecule has 2 saturated carbocycles. The minimum atomic E-state index is -1.21. The van der Waals surface area contributed by atoms with Gasteiger partial charge in [0.15, 0.2) is 0 Å². The van der Waals surface area contributed by atoms with Crippen molar-refractivity contribution in [2.45, 2.75) is 101 Å². The van der Waals surface area contributed by atoms with Gasteiger partial charge in [-0.05, 0) is 73.6 Å². The third-order valence-electron chi connectivity index (χ3n) is 11.3. The number of likely N-dealkylation sites (N-methyl/N-ethyl adjacent to an activating group) is 1. The molecule has 0 radical (unpaired) electrons. The molecule has 0 bridgehead atoms. The number of allylic oxidation sites excluding steroid dienone is 1. The van der Waals surface area contributed by atoms with Crippen molar-refractivity contribution in [3.63, 3.8) is 0 Å². The first-order valence-corrected chi connectivity index (χ1v) is 18.5. The first-order valence-electron chi connectivity index (χ1n) is 18.5. The van der Waals surface area contributed by atoms with Crippen LogP contribution in [0, 0.1) is 23.7 Å². The van der Waals surface area contributed by atoms with Gasteiger partial charge in [0, 0.05) is 44.6 Å². The summed E-state index contributed by atoms with van der Waals surface area (Å²) in [5.41, 5.74) is 2.89. The van der Waals surface area contributed by atoms with Crippen molar-refractivity contribution in [3.05, 3.63) is 60.7 Å². The lowest BCUT2D eigenvalue weighted by molar-refractivity contribution is -0.255. The summed E-state index contributed by atoms with van der Waals surface area (Å²) in [6.07, 6.45) is 17.5. The number of carbonyl (C=O) groups excluding carboxylic acids is 1. The van der Waals surface area contributed by atoms with Gasteiger partial charge < -0.3 is 34.2 Å². The fraction of sp³-hybridized carbons (Fsp3) is 0.650. The average molecular weight is 679 g/mol. The highest BCUT2D eigenvalue weighted by atomic mass is 16.7. The number of amides is 1. The highest BCUT2D eigenvalue weighted by Crippen LogP contribution is 2.61. The summed E-state index contributed by atoms with van der Waals surface area (Å²) in [6, 6.07) is 5.52. The summed E-state index contributed by atoms with van der Waals surface area (Å²) in [6.45, 7) is 8.75. The number of oxime groups is 1. The zero-order valence-electron chi connectivity index (χ0n) is 29.7. The van der Waals surface area contributed by atoms with Crippen LogP contribution in [0.15, 0.2) is 60.3 Å². The number of aliphatic hydroxyl groups excluding tert-OH is 2. The smallest absolute Gasteiger partial charge is 0.239 e. The number of nitrogens with zero attached hydrogens (tertiary/aromatic N) is 2. The maximum Gasteiger partial charge on any atom is 0.239 e. The average Bonchev–Trinajstić information content (AvgIpc) is 3.64. The van der Waals surface area contributed by atoms with E-state index in [4.69, 9.17) is 19.0 Å². The minimum absolute atomic E-state index is 0.0643. The number of aliphatic hydroxyl groups is 2. The Hall–Kier alpha value is -3.14. The summed E-state index contributed by atoms with van der Waals surface area (Å²) >= 11 is 0. The zero-order valence-corrected chi connectivity index (χ0v) is 29.7. The molecule has 4 aliphatic rings. The molecule has 9 heteroatoms. The minimum Gasteiger partial charge on any atom is -0.490 e. The summed E-state index contributed by atoms with van der Waals surface area (Å²) < 4.78 is 20.1. The van der Waals surface area contributed by atoms with E-state index in [0.717, 1.165) is 73.3 Å². The molecule has 9 nitrogen and oxygen atoms in total. The van der Waals surface area contributed by atoms with E-state index >= 15 is 0 Å². The second-order valence-electron chi connectivity index (χ2n) is 14.2. The molecule has 0 aromatic heterocycles. The van der Waals surface area contributed by atoms with E-state index in [2.05, 4.69) is 30.5 Å². The SMILES string of the molecule is C=CCOc1ccc2c(c1)C1C(CCCCO)C(CCCCO)C=C3C(=NOC)CC(N(C)C(=O)CCC4CCCC4)C(OCC=C)(O2)C31. The van der Waals surface area contributed by atoms with Crippen molar-refractivity contribution >= 4 is 11.6 Å². The van der Waals surface area contributed by atoms with E-state index in [1.165, 1.54) is 25.7 Å². The van der Waals surface area contributed by atoms with Gasteiger partial charge in [-0.2, -0.15) is 0 Å². The number of unbranched alkanes of at least 4 members (excludes halogenated alkanes) is 2. The molecule has 6 unspecified atom stereocenters. The van der Waals surface area contributed by atoms with Gasteiger partial charge in [0.2, 0.25) is 11.7 Å². The van der Waals surface area contributed by atoms with Crippen LogP contribution in [0.1, 0.15) is 95.0 Å². The number of carbonyl (C=O) groups is 1. The van der Waals surface area contributed by atoms with Crippen molar-refractivity contribution < 1.29 is 34.1 Å². The molecule has 1 amide bonds. The van der Waals surface area contributed by atoms with Crippen LogP contribution in [0.25, 0.3) is 0 Å². The molecule has 0 saturated heterocycles. The Kier molecular flexibility index (Phi) is 13.4. The monoisotopic (exact) mass is 678 g/mol. The topological polar surface area (TPSA) is 110 Å². The fourth-order valence-electron chi connectivity index (χ4n) is 9.06. The Morgan fingerprint density at radius 3 is 2.49 bits per heavy atom. The molecular weight excluding hydrogens is 620 g/mol. The third-order valence-corrected chi connectivity index (χ3v) is 11.3. The van der Waals surface area contributed by atoms with Gasteiger partial charge in [0.05, 0.1) is 18.2 Å². The lowest BCUT2D eigenvalue weighted by Gasteiger charge is -2.59. The van der Waals surface area contributed by atoms with Crippen LogP contribution < -0.4 is 9.47 Å². The predicted octanol–water partition coefficient (Wildman–Crippen LogP) is 6.94. The van der Waals surface area contributed by atoms with Crippen molar-refractivity contribution in [3.8, 4) is 11.5 Å². The molecular formula is C40H58N2O7. The Morgan fingerprint density at radius 2 is 1.80 bits per heavy atom. The quantitative estimate of drug-likeness (QED) is 0.0927. The molecule has 270 valence electrons. The molecule has 1 aliphatic heterocycles. The Labute approximate surface area is 293 Å². The number of hydrogen-bond donors (Lipinski definition) is 2. The van der Waals surface area contributed by atoms with Gasteiger partial charge in [0.1, 0.15) is 31.3 Å². The normalized spacial score (nSPS) is 28.2. The van der Waals surface area contributed by atoms with Gasteiger partial charge in [-0.25, -0.2) is 0 Å². The van der Waals surface area contributed by atoms with Gasteiger partial charge >= 0.3 is 0 Å². The molecule has 5 rings (SSSR count). The lowest BCUT2D eigenvalue weighted by Crippen LogP contribution is -2.69. The molecule has 1 heterocycles. The maximum absolute atomic E-state index is 14.1. The predicted molar refractivity (Wildman–Crippen MR) is 192 cm³/mol. The first kappa shape index (κ1) is 37.1. The molecule has 0 spiro atoms. The maximum atomic E-state index is 14.1. The van der Waals surface area contributed by atoms with E-state index in [1.54, 1.807) is 19.3 Å². The van der Waals surface area contributed by atoms with Crippen LogP contribution in [-0.2, 0) is 14.4 Å². The zero-order chi connectivity index (χ0) is 34.8. The standard InChI is InChI=1S/C40H58N2O7/c1-5-23-47-30-18-19-35-33(26-30)38-31(16-10-12-22-44)29(15-9-11-21-43)25-32-34(41-46-4)27-36(40(49-35,39(32)38)48-24-6-2)42(3)37(45)20-17-28-13-7-8-14-28/h5-6,18-19,25-26,28-29,31,36,38-39,43-44H,1-2,7-17,20-24,27H2,3-4H3. The van der Waals surface area contributed by atoms with E-state index in [1.807, 2.05) is 24.1 Å². The van der Waals surface area contributed by atoms with E-state index < -0.39 is 11.8 Å². The van der Waals surface area contributed by atoms with Crippen LogP contribution in [0.3, 0.4) is 0 Å². The first-order chi connectivity index (χ1) is 23.9. The van der Waals surface area contributed by atoms with E-state index in [0.29, 0.717) is 25.4 Å². The molecule has 2 fully saturated rings. The Morgan fingerprint density at radius 1 is 1.06 bits per heavy atom. The van der Waals surface area contributed by atoms with Crippen molar-refractivity contribution in [2.24, 2.45) is 28.8 Å². The Bertz CT molecular complexity index is 1340. The second kappa shape index (κ2) is 17.7. The van der Waals surface area contributed by atoms with Crippen LogP contribution in [0.2, 0.25) is 0 Å². The van der Waals surface area contributed by atoms with Crippen molar-refractivity contribution in [1.29, 1.82) is 0 Å². The van der Waals surface area contributed by atoms with Crippen LogP contribution in [0.4, 0.5) is 0 Å².